The van der Waals surface area contributed by atoms with Gasteiger partial charge in [-0.25, -0.2) is 0 Å². The minimum Gasteiger partial charge on any atom is -0.0984 e. The highest BCUT2D eigenvalue weighted by atomic mass is 32.2. The molecule has 0 saturated heterocycles. The highest BCUT2D eigenvalue weighted by Gasteiger charge is 2.25. The lowest BCUT2D eigenvalue weighted by atomic mass is 9.87. The molecule has 2 rings (SSSR count). The van der Waals surface area contributed by atoms with Crippen molar-refractivity contribution in [3.63, 3.8) is 0 Å². The second kappa shape index (κ2) is 7.19. The van der Waals surface area contributed by atoms with Crippen LogP contribution in [-0.2, 0) is 21.7 Å². The summed E-state index contributed by atoms with van der Waals surface area (Å²) in [4.78, 5) is 2.79. The van der Waals surface area contributed by atoms with Gasteiger partial charge in [0.1, 0.15) is 5.75 Å². The Morgan fingerprint density at radius 1 is 0.708 bits per heavy atom. The van der Waals surface area contributed by atoms with Crippen LogP contribution in [0.2, 0.25) is 0 Å². The highest BCUT2D eigenvalue weighted by molar-refractivity contribution is 7.97. The lowest BCUT2D eigenvalue weighted by Gasteiger charge is -2.20. The zero-order chi connectivity index (χ0) is 18.0. The van der Waals surface area contributed by atoms with Crippen LogP contribution in [0.5, 0.6) is 0 Å². The molecule has 2 aromatic rings. The molecule has 0 saturated carbocycles. The Morgan fingerprint density at radius 2 is 1.04 bits per heavy atom. The van der Waals surface area contributed by atoms with Crippen LogP contribution in [0, 0.1) is 0 Å². The fourth-order valence-electron chi connectivity index (χ4n) is 2.68. The predicted octanol–water partition coefficient (Wildman–Crippen LogP) is 6.50. The summed E-state index contributed by atoms with van der Waals surface area (Å²) >= 11 is 0. The molecular weight excluding hydrogens is 308 g/mol. The first-order chi connectivity index (χ1) is 11.1. The highest BCUT2D eigenvalue weighted by Crippen LogP contribution is 2.29. The van der Waals surface area contributed by atoms with E-state index in [1.165, 1.54) is 20.9 Å². The van der Waals surface area contributed by atoms with Gasteiger partial charge in [-0.2, -0.15) is 0 Å². The summed E-state index contributed by atoms with van der Waals surface area (Å²) in [5.74, 6) is 0.990. The Bertz CT molecular complexity index is 606. The van der Waals surface area contributed by atoms with Crippen LogP contribution < -0.4 is 0 Å². The number of hydrogen-bond donors (Lipinski definition) is 0. The average Bonchev–Trinajstić information content (AvgIpc) is 2.51. The van der Waals surface area contributed by atoms with Gasteiger partial charge >= 0.3 is 0 Å². The van der Waals surface area contributed by atoms with E-state index >= 15 is 0 Å². The van der Waals surface area contributed by atoms with Crippen molar-refractivity contribution in [3.05, 3.63) is 72.3 Å². The Hall–Kier alpha value is -1.47. The van der Waals surface area contributed by atoms with Crippen LogP contribution in [0.15, 0.2) is 71.0 Å². The summed E-state index contributed by atoms with van der Waals surface area (Å²) in [5.41, 5.74) is 3.17. The van der Waals surface area contributed by atoms with Crippen LogP contribution in [-0.4, -0.2) is 5.75 Å². The van der Waals surface area contributed by atoms with Crippen molar-refractivity contribution in [2.24, 2.45) is 0 Å². The molecular formula is C23H31S+. The van der Waals surface area contributed by atoms with E-state index in [2.05, 4.69) is 96.7 Å². The third kappa shape index (κ3) is 4.54. The molecule has 0 spiro atoms. The lowest BCUT2D eigenvalue weighted by Crippen LogP contribution is -2.13. The van der Waals surface area contributed by atoms with Crippen LogP contribution >= 0.6 is 0 Å². The SMILES string of the molecule is C=CC[S+](c1ccc(C(C)(C)C)cc1)c1ccc(C(C)(C)C)cc1. The summed E-state index contributed by atoms with van der Waals surface area (Å²) in [6, 6.07) is 18.3. The smallest absolute Gasteiger partial charge is 0.0984 e. The molecule has 0 heterocycles. The minimum atomic E-state index is 0.0606. The van der Waals surface area contributed by atoms with E-state index in [1.54, 1.807) is 0 Å². The van der Waals surface area contributed by atoms with Crippen molar-refractivity contribution < 1.29 is 0 Å². The van der Waals surface area contributed by atoms with E-state index in [4.69, 9.17) is 0 Å². The second-order valence-electron chi connectivity index (χ2n) is 8.39. The van der Waals surface area contributed by atoms with Crippen LogP contribution in [0.4, 0.5) is 0 Å². The summed E-state index contributed by atoms with van der Waals surface area (Å²) < 4.78 is 0. The standard InChI is InChI=1S/C23H31S/c1-8-17-24(20-13-9-18(10-14-20)22(2,3)4)21-15-11-19(12-16-21)23(5,6)7/h8-16H,1,17H2,2-7H3/q+1. The first-order valence-corrected chi connectivity index (χ1v) is 10.1. The van der Waals surface area contributed by atoms with Gasteiger partial charge in [0.15, 0.2) is 9.79 Å². The Balaban J connectivity index is 2.34. The molecule has 2 aromatic carbocycles. The molecule has 0 nitrogen and oxygen atoms in total. The van der Waals surface area contributed by atoms with Gasteiger partial charge in [-0.3, -0.25) is 0 Å². The van der Waals surface area contributed by atoms with Crippen LogP contribution in [0.1, 0.15) is 52.7 Å². The quantitative estimate of drug-likeness (QED) is 0.440. The normalized spacial score (nSPS) is 12.5. The molecule has 24 heavy (non-hydrogen) atoms. The molecule has 0 aliphatic rings. The molecule has 0 bridgehead atoms. The summed E-state index contributed by atoms with van der Waals surface area (Å²) in [7, 11) is 0.0606. The first kappa shape index (κ1) is 18.9. The van der Waals surface area contributed by atoms with Crippen LogP contribution in [0.25, 0.3) is 0 Å². The third-order valence-corrected chi connectivity index (χ3v) is 6.55. The molecule has 0 aromatic heterocycles. The molecule has 0 radical (unpaired) electrons. The van der Waals surface area contributed by atoms with E-state index in [-0.39, 0.29) is 21.7 Å². The summed E-state index contributed by atoms with van der Waals surface area (Å²) in [6.45, 7) is 17.5. The number of benzene rings is 2. The van der Waals surface area contributed by atoms with Crippen molar-refractivity contribution in [3.8, 4) is 0 Å². The van der Waals surface area contributed by atoms with Gasteiger partial charge in [0, 0.05) is 0 Å². The van der Waals surface area contributed by atoms with Gasteiger partial charge in [0.05, 0.1) is 10.9 Å². The largest absolute Gasteiger partial charge is 0.161 e. The topological polar surface area (TPSA) is 0 Å². The third-order valence-electron chi connectivity index (χ3n) is 4.29. The maximum atomic E-state index is 3.97. The maximum absolute atomic E-state index is 3.97. The van der Waals surface area contributed by atoms with E-state index in [0.29, 0.717) is 0 Å². The molecule has 0 amide bonds. The first-order valence-electron chi connectivity index (χ1n) is 8.66. The maximum Gasteiger partial charge on any atom is 0.161 e. The van der Waals surface area contributed by atoms with Gasteiger partial charge in [0.2, 0.25) is 0 Å². The van der Waals surface area contributed by atoms with Crippen molar-refractivity contribution in [2.45, 2.75) is 62.2 Å². The molecule has 1 heteroatoms. The zero-order valence-corrected chi connectivity index (χ0v) is 16.8. The van der Waals surface area contributed by atoms with Crippen molar-refractivity contribution >= 4 is 10.9 Å². The Labute approximate surface area is 151 Å². The van der Waals surface area contributed by atoms with E-state index in [9.17, 15) is 0 Å². The number of hydrogen-bond acceptors (Lipinski definition) is 0. The molecule has 0 aliphatic heterocycles. The Morgan fingerprint density at radius 3 is 1.29 bits per heavy atom. The van der Waals surface area contributed by atoms with Crippen molar-refractivity contribution in [1.29, 1.82) is 0 Å². The van der Waals surface area contributed by atoms with E-state index in [0.717, 1.165) is 5.75 Å². The molecule has 0 atom stereocenters. The summed E-state index contributed by atoms with van der Waals surface area (Å²) in [5, 5.41) is 0. The van der Waals surface area contributed by atoms with Crippen molar-refractivity contribution in [2.75, 3.05) is 5.75 Å². The lowest BCUT2D eigenvalue weighted by molar-refractivity contribution is 0.589. The average molecular weight is 340 g/mol. The van der Waals surface area contributed by atoms with Gasteiger partial charge in [-0.15, -0.1) is 0 Å². The fraction of sp³-hybridized carbons (Fsp3) is 0.391. The predicted molar refractivity (Wildman–Crippen MR) is 109 cm³/mol. The van der Waals surface area contributed by atoms with E-state index < -0.39 is 0 Å². The molecule has 0 aliphatic carbocycles. The van der Waals surface area contributed by atoms with Gasteiger partial charge in [0.25, 0.3) is 0 Å². The molecule has 0 unspecified atom stereocenters. The zero-order valence-electron chi connectivity index (χ0n) is 16.0. The van der Waals surface area contributed by atoms with Gasteiger partial charge in [-0.05, 0) is 52.3 Å². The molecule has 128 valence electrons. The van der Waals surface area contributed by atoms with E-state index in [1.807, 2.05) is 6.08 Å². The van der Waals surface area contributed by atoms with Gasteiger partial charge in [-0.1, -0.05) is 72.4 Å². The fourth-order valence-corrected chi connectivity index (χ4v) is 4.51. The summed E-state index contributed by atoms with van der Waals surface area (Å²) in [6.07, 6.45) is 2.04. The second-order valence-corrected chi connectivity index (χ2v) is 10.5. The number of rotatable bonds is 4. The minimum absolute atomic E-state index is 0.0606. The monoisotopic (exact) mass is 339 g/mol. The Kier molecular flexibility index (Phi) is 5.65. The molecule has 0 N–H and O–H groups in total. The van der Waals surface area contributed by atoms with Crippen molar-refractivity contribution in [1.82, 2.24) is 0 Å². The van der Waals surface area contributed by atoms with Crippen LogP contribution in [0.3, 0.4) is 0 Å². The molecule has 0 fully saturated rings. The van der Waals surface area contributed by atoms with Gasteiger partial charge < -0.3 is 0 Å².